The summed E-state index contributed by atoms with van der Waals surface area (Å²) < 4.78 is 5.22. The molecule has 0 saturated carbocycles. The predicted molar refractivity (Wildman–Crippen MR) is 83.1 cm³/mol. The van der Waals surface area contributed by atoms with Crippen molar-refractivity contribution in [3.63, 3.8) is 0 Å². The van der Waals surface area contributed by atoms with Crippen molar-refractivity contribution >= 4 is 0 Å². The van der Waals surface area contributed by atoms with Crippen LogP contribution in [0.25, 0.3) is 0 Å². The van der Waals surface area contributed by atoms with Gasteiger partial charge in [0.1, 0.15) is 5.75 Å². The van der Waals surface area contributed by atoms with Crippen LogP contribution in [0.1, 0.15) is 24.9 Å². The highest BCUT2D eigenvalue weighted by atomic mass is 16.5. The molecule has 0 bridgehead atoms. The smallest absolute Gasteiger partial charge is 0.118 e. The Morgan fingerprint density at radius 2 is 1.80 bits per heavy atom. The molecule has 2 N–H and O–H groups in total. The molecule has 0 aliphatic carbocycles. The lowest BCUT2D eigenvalue weighted by Crippen LogP contribution is -2.49. The van der Waals surface area contributed by atoms with Gasteiger partial charge in [-0.25, -0.2) is 0 Å². The normalized spacial score (nSPS) is 18.9. The molecule has 0 radical (unpaired) electrons. The van der Waals surface area contributed by atoms with E-state index in [-0.39, 0.29) is 0 Å². The van der Waals surface area contributed by atoms with E-state index in [1.807, 2.05) is 12.1 Å². The van der Waals surface area contributed by atoms with Gasteiger partial charge < -0.3 is 15.4 Å². The lowest BCUT2D eigenvalue weighted by atomic mass is 10.0. The number of benzene rings is 1. The molecule has 1 fully saturated rings. The number of methoxy groups -OCH3 is 1. The number of piperazine rings is 1. The second kappa shape index (κ2) is 7.62. The van der Waals surface area contributed by atoms with Crippen LogP contribution in [0.4, 0.5) is 0 Å². The van der Waals surface area contributed by atoms with Crippen LogP contribution in [-0.2, 0) is 0 Å². The molecule has 4 heteroatoms. The third-order valence-corrected chi connectivity index (χ3v) is 4.11. The maximum Gasteiger partial charge on any atom is 0.118 e. The summed E-state index contributed by atoms with van der Waals surface area (Å²) in [5.74, 6) is 0.900. The van der Waals surface area contributed by atoms with Gasteiger partial charge in [0, 0.05) is 38.8 Å². The summed E-state index contributed by atoms with van der Waals surface area (Å²) in [5.41, 5.74) is 7.30. The van der Waals surface area contributed by atoms with Crippen molar-refractivity contribution < 1.29 is 4.74 Å². The first-order chi connectivity index (χ1) is 9.78. The first-order valence-electron chi connectivity index (χ1n) is 7.59. The van der Waals surface area contributed by atoms with Gasteiger partial charge in [-0.2, -0.15) is 0 Å². The Morgan fingerprint density at radius 1 is 1.15 bits per heavy atom. The lowest BCUT2D eigenvalue weighted by Gasteiger charge is -2.39. The van der Waals surface area contributed by atoms with Crippen LogP contribution in [0.3, 0.4) is 0 Å². The van der Waals surface area contributed by atoms with E-state index in [1.165, 1.54) is 18.5 Å². The van der Waals surface area contributed by atoms with Crippen LogP contribution < -0.4 is 10.5 Å². The zero-order chi connectivity index (χ0) is 14.4. The van der Waals surface area contributed by atoms with Gasteiger partial charge in [0.05, 0.1) is 7.11 Å². The van der Waals surface area contributed by atoms with Gasteiger partial charge in [-0.1, -0.05) is 19.1 Å². The minimum atomic E-state index is 0.324. The number of nitrogens with two attached hydrogens (primary N) is 1. The Kier molecular flexibility index (Phi) is 5.83. The van der Waals surface area contributed by atoms with Crippen molar-refractivity contribution in [3.05, 3.63) is 29.8 Å². The van der Waals surface area contributed by atoms with E-state index in [1.54, 1.807) is 7.11 Å². The van der Waals surface area contributed by atoms with Crippen molar-refractivity contribution in [1.29, 1.82) is 0 Å². The summed E-state index contributed by atoms with van der Waals surface area (Å²) in [4.78, 5) is 5.05. The highest BCUT2D eigenvalue weighted by molar-refractivity contribution is 5.29. The maximum atomic E-state index is 6.01. The molecule has 0 amide bonds. The Balaban J connectivity index is 1.97. The van der Waals surface area contributed by atoms with Crippen molar-refractivity contribution in [3.8, 4) is 5.75 Å². The molecule has 0 aromatic heterocycles. The van der Waals surface area contributed by atoms with Crippen molar-refractivity contribution in [2.75, 3.05) is 46.4 Å². The third kappa shape index (κ3) is 3.72. The molecule has 4 nitrogen and oxygen atoms in total. The number of rotatable bonds is 6. The zero-order valence-corrected chi connectivity index (χ0v) is 12.7. The van der Waals surface area contributed by atoms with Gasteiger partial charge in [0.15, 0.2) is 0 Å². The first-order valence-corrected chi connectivity index (χ1v) is 7.59. The zero-order valence-electron chi connectivity index (χ0n) is 12.7. The minimum absolute atomic E-state index is 0.324. The van der Waals surface area contributed by atoms with E-state index in [0.29, 0.717) is 12.6 Å². The summed E-state index contributed by atoms with van der Waals surface area (Å²) in [6.07, 6.45) is 1.23. The molecule has 1 heterocycles. The van der Waals surface area contributed by atoms with Gasteiger partial charge >= 0.3 is 0 Å². The fraction of sp³-hybridized carbons (Fsp3) is 0.625. The molecular formula is C16H27N3O. The molecular weight excluding hydrogens is 250 g/mol. The molecule has 1 unspecified atom stereocenters. The van der Waals surface area contributed by atoms with Crippen LogP contribution in [-0.4, -0.2) is 56.2 Å². The SMILES string of the molecule is CCCN1CCN(C(CN)c2ccc(OC)cc2)CC1. The summed E-state index contributed by atoms with van der Waals surface area (Å²) in [5, 5.41) is 0. The summed E-state index contributed by atoms with van der Waals surface area (Å²) in [6.45, 7) is 8.64. The molecule has 1 aliphatic rings. The van der Waals surface area contributed by atoms with Gasteiger partial charge in [0.25, 0.3) is 0 Å². The highest BCUT2D eigenvalue weighted by Crippen LogP contribution is 2.23. The molecule has 1 aromatic rings. The molecule has 0 spiro atoms. The van der Waals surface area contributed by atoms with Crippen LogP contribution in [0, 0.1) is 0 Å². The van der Waals surface area contributed by atoms with E-state index in [2.05, 4.69) is 28.9 Å². The fourth-order valence-corrected chi connectivity index (χ4v) is 2.94. The average Bonchev–Trinajstić information content (AvgIpc) is 2.51. The summed E-state index contributed by atoms with van der Waals surface area (Å²) in [7, 11) is 1.70. The second-order valence-electron chi connectivity index (χ2n) is 5.40. The van der Waals surface area contributed by atoms with Crippen LogP contribution in [0.5, 0.6) is 5.75 Å². The van der Waals surface area contributed by atoms with Crippen LogP contribution >= 0.6 is 0 Å². The second-order valence-corrected chi connectivity index (χ2v) is 5.40. The summed E-state index contributed by atoms with van der Waals surface area (Å²) >= 11 is 0. The van der Waals surface area contributed by atoms with E-state index in [9.17, 15) is 0 Å². The van der Waals surface area contributed by atoms with Crippen molar-refractivity contribution in [2.24, 2.45) is 5.73 Å². The van der Waals surface area contributed by atoms with E-state index >= 15 is 0 Å². The van der Waals surface area contributed by atoms with Gasteiger partial charge in [-0.15, -0.1) is 0 Å². The molecule has 2 rings (SSSR count). The Hall–Kier alpha value is -1.10. The van der Waals surface area contributed by atoms with Gasteiger partial charge in [-0.05, 0) is 30.7 Å². The monoisotopic (exact) mass is 277 g/mol. The predicted octanol–water partition coefficient (Wildman–Crippen LogP) is 1.72. The lowest BCUT2D eigenvalue weighted by molar-refractivity contribution is 0.0985. The molecule has 1 saturated heterocycles. The van der Waals surface area contributed by atoms with Crippen LogP contribution in [0.2, 0.25) is 0 Å². The van der Waals surface area contributed by atoms with E-state index in [0.717, 1.165) is 31.9 Å². The number of hydrogen-bond acceptors (Lipinski definition) is 4. The average molecular weight is 277 g/mol. The van der Waals surface area contributed by atoms with Crippen molar-refractivity contribution in [1.82, 2.24) is 9.80 Å². The number of nitrogens with zero attached hydrogens (tertiary/aromatic N) is 2. The maximum absolute atomic E-state index is 6.01. The molecule has 1 aliphatic heterocycles. The Labute approximate surface area is 122 Å². The number of hydrogen-bond donors (Lipinski definition) is 1. The first kappa shape index (κ1) is 15.3. The molecule has 1 aromatic carbocycles. The minimum Gasteiger partial charge on any atom is -0.497 e. The highest BCUT2D eigenvalue weighted by Gasteiger charge is 2.23. The molecule has 112 valence electrons. The number of ether oxygens (including phenoxy) is 1. The van der Waals surface area contributed by atoms with Gasteiger partial charge in [0.2, 0.25) is 0 Å². The topological polar surface area (TPSA) is 41.7 Å². The quantitative estimate of drug-likeness (QED) is 0.860. The fourth-order valence-electron chi connectivity index (χ4n) is 2.94. The van der Waals surface area contributed by atoms with Crippen molar-refractivity contribution in [2.45, 2.75) is 19.4 Å². The Bertz CT molecular complexity index is 385. The Morgan fingerprint density at radius 3 is 2.30 bits per heavy atom. The third-order valence-electron chi connectivity index (χ3n) is 4.11. The van der Waals surface area contributed by atoms with E-state index in [4.69, 9.17) is 10.5 Å². The summed E-state index contributed by atoms with van der Waals surface area (Å²) in [6, 6.07) is 8.63. The molecule has 1 atom stereocenters. The standard InChI is InChI=1S/C16H27N3O/c1-3-8-18-9-11-19(12-10-18)16(13-17)14-4-6-15(20-2)7-5-14/h4-7,16H,3,8-13,17H2,1-2H3. The van der Waals surface area contributed by atoms with E-state index < -0.39 is 0 Å². The molecule has 20 heavy (non-hydrogen) atoms. The van der Waals surface area contributed by atoms with Crippen LogP contribution in [0.15, 0.2) is 24.3 Å². The largest absolute Gasteiger partial charge is 0.497 e. The van der Waals surface area contributed by atoms with Gasteiger partial charge in [-0.3, -0.25) is 4.90 Å².